The van der Waals surface area contributed by atoms with E-state index in [0.717, 1.165) is 11.1 Å². The van der Waals surface area contributed by atoms with E-state index in [-0.39, 0.29) is 31.1 Å². The number of ketones is 1. The van der Waals surface area contributed by atoms with Crippen molar-refractivity contribution in [2.45, 2.75) is 50.4 Å². The van der Waals surface area contributed by atoms with Gasteiger partial charge in [-0.2, -0.15) is 0 Å². The third-order valence-electron chi connectivity index (χ3n) is 6.48. The summed E-state index contributed by atoms with van der Waals surface area (Å²) >= 11 is 0. The van der Waals surface area contributed by atoms with Crippen molar-refractivity contribution in [3.05, 3.63) is 65.7 Å². The molecule has 1 aliphatic rings. The number of benzene rings is 2. The second-order valence-corrected chi connectivity index (χ2v) is 10.3. The number of nitrogens with one attached hydrogen (secondary N) is 3. The molecular formula is C29H38N4O6. The van der Waals surface area contributed by atoms with Crippen LogP contribution in [0.1, 0.15) is 25.0 Å². The Bertz CT molecular complexity index is 1150. The molecule has 0 bridgehead atoms. The Morgan fingerprint density at radius 1 is 0.897 bits per heavy atom. The van der Waals surface area contributed by atoms with E-state index < -0.39 is 35.5 Å². The molecule has 2 aromatic carbocycles. The van der Waals surface area contributed by atoms with Gasteiger partial charge in [-0.25, -0.2) is 0 Å². The van der Waals surface area contributed by atoms with Crippen molar-refractivity contribution in [1.29, 1.82) is 0 Å². The van der Waals surface area contributed by atoms with E-state index in [1.165, 1.54) is 0 Å². The lowest BCUT2D eigenvalue weighted by Crippen LogP contribution is -2.57. The molecule has 39 heavy (non-hydrogen) atoms. The molecule has 210 valence electrons. The van der Waals surface area contributed by atoms with Crippen LogP contribution in [0.25, 0.3) is 0 Å². The van der Waals surface area contributed by atoms with Gasteiger partial charge in [-0.15, -0.1) is 0 Å². The Morgan fingerprint density at radius 3 is 2.03 bits per heavy atom. The number of rotatable bonds is 14. The number of methoxy groups -OCH3 is 1. The van der Waals surface area contributed by atoms with Gasteiger partial charge < -0.3 is 30.3 Å². The summed E-state index contributed by atoms with van der Waals surface area (Å²) in [5, 5.41) is 8.27. The average molecular weight is 539 g/mol. The molecule has 0 spiro atoms. The lowest BCUT2D eigenvalue weighted by molar-refractivity contribution is -0.134. The van der Waals surface area contributed by atoms with Gasteiger partial charge in [0.25, 0.3) is 0 Å². The van der Waals surface area contributed by atoms with Crippen LogP contribution in [0.15, 0.2) is 54.6 Å². The Hall–Kier alpha value is -3.76. The molecule has 1 aliphatic heterocycles. The van der Waals surface area contributed by atoms with Crippen LogP contribution < -0.4 is 20.7 Å². The molecule has 0 saturated carbocycles. The summed E-state index contributed by atoms with van der Waals surface area (Å²) in [6.45, 7) is 3.67. The standard InChI is InChI=1S/C29H38N4O6/c1-19(30-25(34)17-33(3)4)27(36)32-24(16-21-11-13-22(38-5)14-12-21)28(37)31-23(26(35)29(2)18-39-29)15-20-9-7-6-8-10-20/h6-14,19,23-24H,15-18H2,1-5H3,(H,30,34)(H,31,37)(H,32,36)/t19-,23-,24-,29+/m0/s1. The zero-order valence-corrected chi connectivity index (χ0v) is 23.2. The van der Waals surface area contributed by atoms with Gasteiger partial charge in [0.15, 0.2) is 5.78 Å². The van der Waals surface area contributed by atoms with Crippen molar-refractivity contribution in [3.8, 4) is 5.75 Å². The van der Waals surface area contributed by atoms with Crippen LogP contribution in [0.3, 0.4) is 0 Å². The van der Waals surface area contributed by atoms with E-state index in [2.05, 4.69) is 16.0 Å². The summed E-state index contributed by atoms with van der Waals surface area (Å²) in [5.74, 6) is -0.903. The minimum atomic E-state index is -1.00. The van der Waals surface area contributed by atoms with Crippen LogP contribution in [0.5, 0.6) is 5.75 Å². The predicted molar refractivity (Wildman–Crippen MR) is 146 cm³/mol. The monoisotopic (exact) mass is 538 g/mol. The third kappa shape index (κ3) is 8.90. The molecule has 3 rings (SSSR count). The number of Topliss-reactive ketones (excluding diaryl/α,β-unsaturated/α-hetero) is 1. The number of carbonyl (C=O) groups is 4. The quantitative estimate of drug-likeness (QED) is 0.305. The number of carbonyl (C=O) groups excluding carboxylic acids is 4. The van der Waals surface area contributed by atoms with E-state index in [0.29, 0.717) is 12.4 Å². The fraction of sp³-hybridized carbons (Fsp3) is 0.448. The normalized spacial score (nSPS) is 18.4. The second-order valence-electron chi connectivity index (χ2n) is 10.3. The molecule has 0 unspecified atom stereocenters. The van der Waals surface area contributed by atoms with Crippen LogP contribution in [-0.2, 0) is 36.8 Å². The Morgan fingerprint density at radius 2 is 1.46 bits per heavy atom. The van der Waals surface area contributed by atoms with Crippen molar-refractivity contribution < 1.29 is 28.7 Å². The highest BCUT2D eigenvalue weighted by Gasteiger charge is 2.50. The molecule has 1 saturated heterocycles. The van der Waals surface area contributed by atoms with Crippen molar-refractivity contribution >= 4 is 23.5 Å². The van der Waals surface area contributed by atoms with Gasteiger partial charge in [0.2, 0.25) is 17.7 Å². The number of likely N-dealkylation sites (N-methyl/N-ethyl adjacent to an activating group) is 1. The number of hydrogen-bond donors (Lipinski definition) is 3. The zero-order chi connectivity index (χ0) is 28.6. The van der Waals surface area contributed by atoms with Crippen LogP contribution in [0.4, 0.5) is 0 Å². The maximum Gasteiger partial charge on any atom is 0.243 e. The van der Waals surface area contributed by atoms with Gasteiger partial charge in [-0.1, -0.05) is 42.5 Å². The Labute approximate surface area is 229 Å². The van der Waals surface area contributed by atoms with E-state index in [1.807, 2.05) is 30.3 Å². The summed E-state index contributed by atoms with van der Waals surface area (Å²) in [4.78, 5) is 53.7. The van der Waals surface area contributed by atoms with Crippen LogP contribution in [-0.4, -0.2) is 86.5 Å². The predicted octanol–water partition coefficient (Wildman–Crippen LogP) is 0.874. The molecule has 1 fully saturated rings. The summed E-state index contributed by atoms with van der Waals surface area (Å²) in [5.41, 5.74) is 0.726. The van der Waals surface area contributed by atoms with Crippen LogP contribution >= 0.6 is 0 Å². The molecule has 3 amide bonds. The highest BCUT2D eigenvalue weighted by molar-refractivity contribution is 5.98. The number of epoxide rings is 1. The molecule has 2 aromatic rings. The van der Waals surface area contributed by atoms with Gasteiger partial charge in [0, 0.05) is 6.42 Å². The molecule has 0 aliphatic carbocycles. The lowest BCUT2D eigenvalue weighted by atomic mass is 9.94. The highest BCUT2D eigenvalue weighted by Crippen LogP contribution is 2.29. The maximum atomic E-state index is 13.6. The fourth-order valence-electron chi connectivity index (χ4n) is 4.09. The van der Waals surface area contributed by atoms with Crippen LogP contribution in [0, 0.1) is 0 Å². The molecule has 10 heteroatoms. The summed E-state index contributed by atoms with van der Waals surface area (Å²) < 4.78 is 10.6. The largest absolute Gasteiger partial charge is 0.497 e. The first-order valence-electron chi connectivity index (χ1n) is 12.9. The average Bonchev–Trinajstić information content (AvgIpc) is 3.66. The van der Waals surface area contributed by atoms with Gasteiger partial charge in [-0.3, -0.25) is 19.2 Å². The van der Waals surface area contributed by atoms with Crippen molar-refractivity contribution in [3.63, 3.8) is 0 Å². The molecule has 10 nitrogen and oxygen atoms in total. The topological polar surface area (TPSA) is 129 Å². The molecule has 0 radical (unpaired) electrons. The van der Waals surface area contributed by atoms with Gasteiger partial charge in [0.1, 0.15) is 23.4 Å². The first-order chi connectivity index (χ1) is 18.5. The number of ether oxygens (including phenoxy) is 2. The van der Waals surface area contributed by atoms with Crippen molar-refractivity contribution in [1.82, 2.24) is 20.9 Å². The first-order valence-corrected chi connectivity index (χ1v) is 12.9. The molecular weight excluding hydrogens is 500 g/mol. The first kappa shape index (κ1) is 29.8. The molecule has 0 aromatic heterocycles. The van der Waals surface area contributed by atoms with Gasteiger partial charge in [-0.05, 0) is 57.6 Å². The second kappa shape index (κ2) is 13.3. The highest BCUT2D eigenvalue weighted by atomic mass is 16.6. The molecule has 3 N–H and O–H groups in total. The summed E-state index contributed by atoms with van der Waals surface area (Å²) in [6.07, 6.45) is 0.449. The molecule has 1 heterocycles. The summed E-state index contributed by atoms with van der Waals surface area (Å²) in [6, 6.07) is 13.8. The third-order valence-corrected chi connectivity index (χ3v) is 6.48. The maximum absolute atomic E-state index is 13.6. The van der Waals surface area contributed by atoms with Gasteiger partial charge >= 0.3 is 0 Å². The van der Waals surface area contributed by atoms with E-state index in [1.54, 1.807) is 64.2 Å². The number of amides is 3. The van der Waals surface area contributed by atoms with Crippen LogP contribution in [0.2, 0.25) is 0 Å². The smallest absolute Gasteiger partial charge is 0.243 e. The van der Waals surface area contributed by atoms with Gasteiger partial charge in [0.05, 0.1) is 26.3 Å². The SMILES string of the molecule is COc1ccc(C[C@H](NC(=O)[C@H](C)NC(=O)CN(C)C)C(=O)N[C@@H](Cc2ccccc2)C(=O)[C@@]2(C)CO2)cc1. The molecule has 4 atom stereocenters. The summed E-state index contributed by atoms with van der Waals surface area (Å²) in [7, 11) is 5.06. The van der Waals surface area contributed by atoms with E-state index in [4.69, 9.17) is 9.47 Å². The Kier molecular flexibility index (Phi) is 10.2. The fourth-order valence-corrected chi connectivity index (χ4v) is 4.09. The minimum Gasteiger partial charge on any atom is -0.497 e. The van der Waals surface area contributed by atoms with E-state index >= 15 is 0 Å². The minimum absolute atomic E-state index is 0.123. The zero-order valence-electron chi connectivity index (χ0n) is 23.2. The number of nitrogens with zero attached hydrogens (tertiary/aromatic N) is 1. The Balaban J connectivity index is 1.79. The van der Waals surface area contributed by atoms with Crippen molar-refractivity contribution in [2.24, 2.45) is 0 Å². The number of hydrogen-bond acceptors (Lipinski definition) is 7. The van der Waals surface area contributed by atoms with Crippen molar-refractivity contribution in [2.75, 3.05) is 34.4 Å². The lowest BCUT2D eigenvalue weighted by Gasteiger charge is -2.25. The van der Waals surface area contributed by atoms with E-state index in [9.17, 15) is 19.2 Å².